The highest BCUT2D eigenvalue weighted by Gasteiger charge is 2.41. The molecule has 0 saturated heterocycles. The molecule has 110 valence electrons. The van der Waals surface area contributed by atoms with Crippen LogP contribution < -0.4 is 4.74 Å². The number of nitrogens with zero attached hydrogens (tertiary/aromatic N) is 2. The molecule has 3 nitrogen and oxygen atoms in total. The van der Waals surface area contributed by atoms with E-state index >= 15 is 0 Å². The van der Waals surface area contributed by atoms with E-state index in [4.69, 9.17) is 16.9 Å². The summed E-state index contributed by atoms with van der Waals surface area (Å²) in [5.41, 5.74) is -2.18. The Morgan fingerprint density at radius 3 is 2.25 bits per heavy atom. The van der Waals surface area contributed by atoms with Gasteiger partial charge in [-0.1, -0.05) is 0 Å². The van der Waals surface area contributed by atoms with Crippen molar-refractivity contribution in [3.05, 3.63) is 22.9 Å². The summed E-state index contributed by atoms with van der Waals surface area (Å²) in [4.78, 5) is 3.12. The lowest BCUT2D eigenvalue weighted by molar-refractivity contribution is -0.277. The molecule has 1 aromatic rings. The lowest BCUT2D eigenvalue weighted by Crippen LogP contribution is -2.22. The topological polar surface area (TPSA) is 45.9 Å². The van der Waals surface area contributed by atoms with Gasteiger partial charge in [-0.05, 0) is 11.6 Å². The van der Waals surface area contributed by atoms with Crippen molar-refractivity contribution in [3.8, 4) is 11.9 Å². The maximum absolute atomic E-state index is 12.7. The van der Waals surface area contributed by atoms with Crippen LogP contribution in [0.2, 0.25) is 0 Å². The lowest BCUT2D eigenvalue weighted by Gasteiger charge is -2.16. The van der Waals surface area contributed by atoms with E-state index in [1.807, 2.05) is 0 Å². The van der Waals surface area contributed by atoms with Gasteiger partial charge in [-0.15, -0.1) is 24.8 Å². The van der Waals surface area contributed by atoms with Crippen molar-refractivity contribution >= 4 is 11.6 Å². The molecule has 0 aliphatic heterocycles. The second kappa shape index (κ2) is 5.75. The molecule has 0 radical (unpaired) electrons. The van der Waals surface area contributed by atoms with Gasteiger partial charge in [0.2, 0.25) is 5.88 Å². The molecule has 10 heteroatoms. The number of nitriles is 1. The molecule has 1 rings (SSSR count). The van der Waals surface area contributed by atoms with Gasteiger partial charge in [0.1, 0.15) is 5.56 Å². The van der Waals surface area contributed by atoms with Crippen molar-refractivity contribution in [2.24, 2.45) is 0 Å². The van der Waals surface area contributed by atoms with Gasteiger partial charge in [0.15, 0.2) is 0 Å². The van der Waals surface area contributed by atoms with Gasteiger partial charge in [0, 0.05) is 5.88 Å². The van der Waals surface area contributed by atoms with Gasteiger partial charge < -0.3 is 4.74 Å². The zero-order valence-electron chi connectivity index (χ0n) is 9.44. The van der Waals surface area contributed by atoms with Crippen LogP contribution in [0, 0.1) is 11.3 Å². The molecule has 0 aliphatic rings. The smallest absolute Gasteiger partial charge is 0.387 e. The predicted molar refractivity (Wildman–Crippen MR) is 54.8 cm³/mol. The molecule has 1 aromatic heterocycles. The summed E-state index contributed by atoms with van der Waals surface area (Å²) in [7, 11) is 0. The third-order valence-corrected chi connectivity index (χ3v) is 2.35. The van der Waals surface area contributed by atoms with Crippen molar-refractivity contribution in [1.29, 1.82) is 5.26 Å². The van der Waals surface area contributed by atoms with E-state index < -0.39 is 36.3 Å². The van der Waals surface area contributed by atoms with E-state index in [2.05, 4.69) is 9.72 Å². The Morgan fingerprint density at radius 2 is 1.85 bits per heavy atom. The first-order chi connectivity index (χ1) is 9.08. The van der Waals surface area contributed by atoms with E-state index in [1.165, 1.54) is 0 Å². The van der Waals surface area contributed by atoms with Gasteiger partial charge in [0.25, 0.3) is 0 Å². The summed E-state index contributed by atoms with van der Waals surface area (Å²) in [6.07, 6.45) is -10.9. The maximum Gasteiger partial charge on any atom is 0.574 e. The first kappa shape index (κ1) is 16.4. The van der Waals surface area contributed by atoms with Gasteiger partial charge >= 0.3 is 12.5 Å². The highest BCUT2D eigenvalue weighted by molar-refractivity contribution is 6.17. The Balaban J connectivity index is 3.45. The summed E-state index contributed by atoms with van der Waals surface area (Å²) >= 11 is 5.40. The number of hydrogen-bond donors (Lipinski definition) is 0. The Morgan fingerprint density at radius 1 is 1.25 bits per heavy atom. The average molecular weight is 319 g/mol. The van der Waals surface area contributed by atoms with E-state index in [0.717, 1.165) is 0 Å². The molecule has 0 unspecified atom stereocenters. The van der Waals surface area contributed by atoms with E-state index in [0.29, 0.717) is 6.07 Å². The molecular formula is C10H5ClF6N2O. The molecule has 0 atom stereocenters. The Bertz CT molecular complexity index is 534. The number of aromatic nitrogens is 1. The summed E-state index contributed by atoms with van der Waals surface area (Å²) in [5.74, 6) is -2.08. The van der Waals surface area contributed by atoms with Crippen LogP contribution in [0.1, 0.15) is 16.8 Å². The Kier molecular flexibility index (Phi) is 4.70. The molecule has 0 N–H and O–H groups in total. The van der Waals surface area contributed by atoms with Crippen molar-refractivity contribution in [2.75, 3.05) is 0 Å². The SMILES string of the molecule is N#CCc1nc(OC(F)(F)F)c(C(F)(F)F)cc1CCl. The molecule has 0 spiro atoms. The number of halogens is 7. The van der Waals surface area contributed by atoms with Gasteiger partial charge in [-0.2, -0.15) is 18.4 Å². The highest BCUT2D eigenvalue weighted by Crippen LogP contribution is 2.38. The number of rotatable bonds is 3. The lowest BCUT2D eigenvalue weighted by atomic mass is 10.1. The summed E-state index contributed by atoms with van der Waals surface area (Å²) in [6.45, 7) is 0. The van der Waals surface area contributed by atoms with Crippen LogP contribution in [0.25, 0.3) is 0 Å². The van der Waals surface area contributed by atoms with Crippen LogP contribution in [-0.4, -0.2) is 11.3 Å². The largest absolute Gasteiger partial charge is 0.574 e. The summed E-state index contributed by atoms with van der Waals surface area (Å²) in [5, 5.41) is 8.47. The maximum atomic E-state index is 12.7. The van der Waals surface area contributed by atoms with Gasteiger partial charge in [0.05, 0.1) is 18.2 Å². The molecule has 1 heterocycles. The summed E-state index contributed by atoms with van der Waals surface area (Å²) in [6, 6.07) is 1.96. The van der Waals surface area contributed by atoms with Crippen molar-refractivity contribution in [2.45, 2.75) is 24.8 Å². The molecule has 20 heavy (non-hydrogen) atoms. The molecule has 0 fully saturated rings. The summed E-state index contributed by atoms with van der Waals surface area (Å²) < 4.78 is 77.5. The Labute approximate surface area is 113 Å². The normalized spacial score (nSPS) is 12.1. The number of alkyl halides is 7. The van der Waals surface area contributed by atoms with Crippen LogP contribution in [0.5, 0.6) is 5.88 Å². The van der Waals surface area contributed by atoms with Gasteiger partial charge in [-0.3, -0.25) is 0 Å². The van der Waals surface area contributed by atoms with Crippen LogP contribution in [0.3, 0.4) is 0 Å². The quantitative estimate of drug-likeness (QED) is 0.629. The average Bonchev–Trinajstić information content (AvgIpc) is 2.25. The molecule has 0 amide bonds. The minimum Gasteiger partial charge on any atom is -0.387 e. The fourth-order valence-electron chi connectivity index (χ4n) is 1.31. The first-order valence-corrected chi connectivity index (χ1v) is 5.40. The number of ether oxygens (including phenoxy) is 1. The number of hydrogen-bond acceptors (Lipinski definition) is 3. The highest BCUT2D eigenvalue weighted by atomic mass is 35.5. The van der Waals surface area contributed by atoms with Crippen LogP contribution in [0.4, 0.5) is 26.3 Å². The first-order valence-electron chi connectivity index (χ1n) is 4.87. The third kappa shape index (κ3) is 4.16. The molecule has 0 saturated carbocycles. The molecule has 0 aromatic carbocycles. The second-order valence-electron chi connectivity index (χ2n) is 3.46. The number of pyridine rings is 1. The van der Waals surface area contributed by atoms with Crippen molar-refractivity contribution in [3.63, 3.8) is 0 Å². The monoisotopic (exact) mass is 318 g/mol. The zero-order valence-corrected chi connectivity index (χ0v) is 10.2. The van der Waals surface area contributed by atoms with E-state index in [9.17, 15) is 26.3 Å². The molecule has 0 bridgehead atoms. The second-order valence-corrected chi connectivity index (χ2v) is 3.73. The fourth-order valence-corrected chi connectivity index (χ4v) is 1.54. The van der Waals surface area contributed by atoms with Gasteiger partial charge in [-0.25, -0.2) is 4.98 Å². The molecule has 0 aliphatic carbocycles. The van der Waals surface area contributed by atoms with E-state index in [1.54, 1.807) is 6.07 Å². The van der Waals surface area contributed by atoms with Crippen LogP contribution in [0.15, 0.2) is 6.07 Å². The van der Waals surface area contributed by atoms with E-state index in [-0.39, 0.29) is 11.3 Å². The minimum absolute atomic E-state index is 0.185. The minimum atomic E-state index is -5.33. The van der Waals surface area contributed by atoms with Crippen LogP contribution in [-0.2, 0) is 18.5 Å². The molecular weight excluding hydrogens is 314 g/mol. The predicted octanol–water partition coefficient (Wildman–Crippen LogP) is 3.80. The Hall–Kier alpha value is -1.69. The standard InChI is InChI=1S/C10H5ClF6N2O/c11-4-5-3-6(9(12,13)14)8(20-10(15,16)17)19-7(5)1-2-18/h3H,1,4H2. The third-order valence-electron chi connectivity index (χ3n) is 2.06. The van der Waals surface area contributed by atoms with Crippen molar-refractivity contribution in [1.82, 2.24) is 4.98 Å². The van der Waals surface area contributed by atoms with Crippen LogP contribution >= 0.6 is 11.6 Å². The fraction of sp³-hybridized carbons (Fsp3) is 0.400. The van der Waals surface area contributed by atoms with Crippen molar-refractivity contribution < 1.29 is 31.1 Å². The zero-order chi connectivity index (χ0) is 15.6.